The molecule has 0 saturated carbocycles. The average Bonchev–Trinajstić information content (AvgIpc) is 2.52. The van der Waals surface area contributed by atoms with Gasteiger partial charge in [-0.15, -0.1) is 0 Å². The van der Waals surface area contributed by atoms with Crippen LogP contribution in [0.15, 0.2) is 24.3 Å². The highest BCUT2D eigenvalue weighted by molar-refractivity contribution is 6.00. The number of hydrogen-bond donors (Lipinski definition) is 4. The quantitative estimate of drug-likeness (QED) is 0.536. The molecule has 1 rings (SSSR count). The first-order valence-electron chi connectivity index (χ1n) is 8.00. The van der Waals surface area contributed by atoms with Crippen molar-refractivity contribution in [2.24, 2.45) is 11.7 Å². The Morgan fingerprint density at radius 2 is 1.79 bits per heavy atom. The van der Waals surface area contributed by atoms with Gasteiger partial charge in [-0.1, -0.05) is 26.0 Å². The molecule has 0 unspecified atom stereocenters. The van der Waals surface area contributed by atoms with Crippen LogP contribution in [0.2, 0.25) is 0 Å². The van der Waals surface area contributed by atoms with Gasteiger partial charge in [0, 0.05) is 24.7 Å². The fourth-order valence-electron chi connectivity index (χ4n) is 1.88. The summed E-state index contributed by atoms with van der Waals surface area (Å²) >= 11 is 0. The van der Waals surface area contributed by atoms with Crippen LogP contribution >= 0.6 is 0 Å². The fourth-order valence-corrected chi connectivity index (χ4v) is 1.88. The fraction of sp³-hybridized carbons (Fsp3) is 0.471. The second-order valence-corrected chi connectivity index (χ2v) is 5.97. The number of benzene rings is 1. The molecule has 0 aliphatic carbocycles. The molecule has 0 aromatic heterocycles. The van der Waals surface area contributed by atoms with Gasteiger partial charge in [-0.05, 0) is 25.0 Å². The number of nitrogens with two attached hydrogens (primary N) is 1. The van der Waals surface area contributed by atoms with E-state index in [0.29, 0.717) is 17.2 Å². The van der Waals surface area contributed by atoms with Crippen molar-refractivity contribution in [3.8, 4) is 0 Å². The Bertz CT molecular complexity index is 587. The first-order chi connectivity index (χ1) is 11.3. The standard InChI is InChI=1S/C17H26N4O3/c1-11(2)12(3)21-16(23)10-20-14-7-5-4-6-13(14)17(24)19-9-8-15(18)22/h4-7,11-12,20H,8-10H2,1-3H3,(H2,18,22)(H,19,24)(H,21,23)/t12-/m1/s1. The molecule has 3 amide bonds. The Balaban J connectivity index is 2.61. The molecule has 5 N–H and O–H groups in total. The molecule has 7 nitrogen and oxygen atoms in total. The Morgan fingerprint density at radius 1 is 1.12 bits per heavy atom. The molecule has 1 aromatic rings. The topological polar surface area (TPSA) is 113 Å². The summed E-state index contributed by atoms with van der Waals surface area (Å²) in [6, 6.07) is 6.96. The molecular formula is C17H26N4O3. The minimum atomic E-state index is -0.474. The zero-order chi connectivity index (χ0) is 18.1. The zero-order valence-electron chi connectivity index (χ0n) is 14.4. The summed E-state index contributed by atoms with van der Waals surface area (Å²) in [7, 11) is 0. The number of hydrogen-bond acceptors (Lipinski definition) is 4. The number of amides is 3. The maximum Gasteiger partial charge on any atom is 0.253 e. The van der Waals surface area contributed by atoms with E-state index >= 15 is 0 Å². The van der Waals surface area contributed by atoms with Crippen LogP contribution < -0.4 is 21.7 Å². The van der Waals surface area contributed by atoms with Crippen molar-refractivity contribution in [1.29, 1.82) is 0 Å². The van der Waals surface area contributed by atoms with E-state index in [1.165, 1.54) is 0 Å². The van der Waals surface area contributed by atoms with Crippen molar-refractivity contribution >= 4 is 23.4 Å². The van der Waals surface area contributed by atoms with Crippen LogP contribution in [0.3, 0.4) is 0 Å². The number of anilines is 1. The van der Waals surface area contributed by atoms with Gasteiger partial charge in [-0.3, -0.25) is 14.4 Å². The molecule has 1 atom stereocenters. The van der Waals surface area contributed by atoms with Crippen molar-refractivity contribution < 1.29 is 14.4 Å². The Labute approximate surface area is 142 Å². The molecule has 0 aliphatic rings. The molecule has 0 aliphatic heterocycles. The van der Waals surface area contributed by atoms with Crippen LogP contribution in [0.25, 0.3) is 0 Å². The number of carbonyl (C=O) groups excluding carboxylic acids is 3. The summed E-state index contributed by atoms with van der Waals surface area (Å²) in [5.41, 5.74) is 6.01. The zero-order valence-corrected chi connectivity index (χ0v) is 14.4. The second-order valence-electron chi connectivity index (χ2n) is 5.97. The highest BCUT2D eigenvalue weighted by Crippen LogP contribution is 2.14. The predicted octanol–water partition coefficient (Wildman–Crippen LogP) is 0.864. The number of carbonyl (C=O) groups is 3. The molecular weight excluding hydrogens is 308 g/mol. The third-order valence-corrected chi connectivity index (χ3v) is 3.66. The van der Waals surface area contributed by atoms with Crippen molar-refractivity contribution in [3.63, 3.8) is 0 Å². The summed E-state index contributed by atoms with van der Waals surface area (Å²) in [6.45, 7) is 6.26. The van der Waals surface area contributed by atoms with Gasteiger partial charge in [0.25, 0.3) is 5.91 Å². The van der Waals surface area contributed by atoms with E-state index in [1.54, 1.807) is 24.3 Å². The van der Waals surface area contributed by atoms with Crippen molar-refractivity contribution in [3.05, 3.63) is 29.8 Å². The minimum absolute atomic E-state index is 0.0721. The Hall–Kier alpha value is -2.57. The van der Waals surface area contributed by atoms with Crippen molar-refractivity contribution in [1.82, 2.24) is 10.6 Å². The lowest BCUT2D eigenvalue weighted by Gasteiger charge is -2.18. The van der Waals surface area contributed by atoms with Gasteiger partial charge in [0.1, 0.15) is 0 Å². The smallest absolute Gasteiger partial charge is 0.253 e. The van der Waals surface area contributed by atoms with Gasteiger partial charge in [0.2, 0.25) is 11.8 Å². The molecule has 0 fully saturated rings. The van der Waals surface area contributed by atoms with Crippen LogP contribution in [-0.2, 0) is 9.59 Å². The van der Waals surface area contributed by atoms with E-state index in [1.807, 2.05) is 20.8 Å². The first kappa shape index (κ1) is 19.5. The highest BCUT2D eigenvalue weighted by Gasteiger charge is 2.13. The molecule has 0 radical (unpaired) electrons. The average molecular weight is 334 g/mol. The summed E-state index contributed by atoms with van der Waals surface area (Å²) in [5.74, 6) is -0.592. The summed E-state index contributed by atoms with van der Waals surface area (Å²) in [4.78, 5) is 34.8. The minimum Gasteiger partial charge on any atom is -0.376 e. The molecule has 7 heteroatoms. The molecule has 0 spiro atoms. The van der Waals surface area contributed by atoms with Gasteiger partial charge >= 0.3 is 0 Å². The third kappa shape index (κ3) is 6.68. The SMILES string of the molecule is CC(C)[C@@H](C)NC(=O)CNc1ccccc1C(=O)NCCC(N)=O. The van der Waals surface area contributed by atoms with E-state index in [4.69, 9.17) is 5.73 Å². The van der Waals surface area contributed by atoms with Crippen LogP contribution in [0, 0.1) is 5.92 Å². The van der Waals surface area contributed by atoms with Crippen LogP contribution in [0.4, 0.5) is 5.69 Å². The van der Waals surface area contributed by atoms with Crippen molar-refractivity contribution in [2.45, 2.75) is 33.2 Å². The monoisotopic (exact) mass is 334 g/mol. The van der Waals surface area contributed by atoms with E-state index < -0.39 is 5.91 Å². The number of rotatable bonds is 9. The lowest BCUT2D eigenvalue weighted by atomic mass is 10.1. The number of para-hydroxylation sites is 1. The van der Waals surface area contributed by atoms with Gasteiger partial charge in [0.15, 0.2) is 0 Å². The van der Waals surface area contributed by atoms with Crippen molar-refractivity contribution in [2.75, 3.05) is 18.4 Å². The molecule has 0 heterocycles. The van der Waals surface area contributed by atoms with Crippen LogP contribution in [-0.4, -0.2) is 36.9 Å². The summed E-state index contributed by atoms with van der Waals surface area (Å²) in [5, 5.41) is 8.49. The highest BCUT2D eigenvalue weighted by atomic mass is 16.2. The van der Waals surface area contributed by atoms with E-state index in [0.717, 1.165) is 0 Å². The van der Waals surface area contributed by atoms with E-state index in [9.17, 15) is 14.4 Å². The van der Waals surface area contributed by atoms with Gasteiger partial charge in [-0.25, -0.2) is 0 Å². The molecule has 0 saturated heterocycles. The molecule has 0 bridgehead atoms. The second kappa shape index (κ2) is 9.54. The van der Waals surface area contributed by atoms with Crippen LogP contribution in [0.1, 0.15) is 37.6 Å². The maximum absolute atomic E-state index is 12.2. The van der Waals surface area contributed by atoms with E-state index in [-0.39, 0.29) is 37.4 Å². The number of primary amides is 1. The molecule has 132 valence electrons. The Morgan fingerprint density at radius 3 is 2.42 bits per heavy atom. The summed E-state index contributed by atoms with van der Waals surface area (Å²) < 4.78 is 0. The first-order valence-corrected chi connectivity index (χ1v) is 8.00. The van der Waals surface area contributed by atoms with Gasteiger partial charge < -0.3 is 21.7 Å². The predicted molar refractivity (Wildman–Crippen MR) is 93.5 cm³/mol. The van der Waals surface area contributed by atoms with Gasteiger partial charge in [0.05, 0.1) is 12.1 Å². The van der Waals surface area contributed by atoms with Crippen LogP contribution in [0.5, 0.6) is 0 Å². The summed E-state index contributed by atoms with van der Waals surface area (Å²) in [6.07, 6.45) is 0.0802. The Kier molecular flexibility index (Phi) is 7.74. The lowest BCUT2D eigenvalue weighted by molar-refractivity contribution is -0.120. The van der Waals surface area contributed by atoms with Gasteiger partial charge in [-0.2, -0.15) is 0 Å². The molecule has 1 aromatic carbocycles. The molecule has 24 heavy (non-hydrogen) atoms. The largest absolute Gasteiger partial charge is 0.376 e. The maximum atomic E-state index is 12.2. The number of nitrogens with one attached hydrogen (secondary N) is 3. The normalized spacial score (nSPS) is 11.7. The third-order valence-electron chi connectivity index (χ3n) is 3.66. The lowest BCUT2D eigenvalue weighted by Crippen LogP contribution is -2.39. The van der Waals surface area contributed by atoms with E-state index in [2.05, 4.69) is 16.0 Å².